The van der Waals surface area contributed by atoms with Crippen LogP contribution in [0.15, 0.2) is 33.9 Å². The topological polar surface area (TPSA) is 63.4 Å². The quantitative estimate of drug-likeness (QED) is 0.883. The molecule has 6 heteroatoms. The first-order chi connectivity index (χ1) is 9.32. The molecule has 1 heterocycles. The van der Waals surface area contributed by atoms with Crippen molar-refractivity contribution in [3.63, 3.8) is 0 Å². The predicted octanol–water partition coefficient (Wildman–Crippen LogP) is 2.77. The third-order valence-electron chi connectivity index (χ3n) is 3.22. The fourth-order valence-corrected chi connectivity index (χ4v) is 4.17. The molecule has 108 valence electrons. The van der Waals surface area contributed by atoms with E-state index < -0.39 is 10.0 Å². The highest BCUT2D eigenvalue weighted by molar-refractivity contribution is 7.89. The summed E-state index contributed by atoms with van der Waals surface area (Å²) in [5, 5.41) is 3.88. The van der Waals surface area contributed by atoms with E-state index in [1.807, 2.05) is 23.8 Å². The minimum absolute atomic E-state index is 0.285. The lowest BCUT2D eigenvalue weighted by atomic mass is 10.1. The standard InChI is InChI=1S/C14H18N2O2S2/c1-10-6-13(15)11(2)14(7-10)20(17,18)16(3)8-12-4-5-19-9-12/h4-7,9H,8,15H2,1-3H3. The second-order valence-corrected chi connectivity index (χ2v) is 7.66. The van der Waals surface area contributed by atoms with Crippen LogP contribution in [0, 0.1) is 13.8 Å². The molecule has 0 radical (unpaired) electrons. The molecule has 1 aromatic heterocycles. The van der Waals surface area contributed by atoms with Gasteiger partial charge in [0.25, 0.3) is 0 Å². The van der Waals surface area contributed by atoms with Gasteiger partial charge in [0.1, 0.15) is 0 Å². The Labute approximate surface area is 123 Å². The van der Waals surface area contributed by atoms with Gasteiger partial charge in [-0.3, -0.25) is 0 Å². The molecule has 2 aromatic rings. The van der Waals surface area contributed by atoms with Crippen LogP contribution in [-0.4, -0.2) is 19.8 Å². The predicted molar refractivity (Wildman–Crippen MR) is 83.3 cm³/mol. The van der Waals surface area contributed by atoms with Crippen molar-refractivity contribution in [1.82, 2.24) is 4.31 Å². The van der Waals surface area contributed by atoms with Crippen molar-refractivity contribution >= 4 is 27.0 Å². The first kappa shape index (κ1) is 15.0. The van der Waals surface area contributed by atoms with E-state index in [0.29, 0.717) is 17.8 Å². The average molecular weight is 310 g/mol. The summed E-state index contributed by atoms with van der Waals surface area (Å²) >= 11 is 1.55. The minimum atomic E-state index is -3.53. The smallest absolute Gasteiger partial charge is 0.243 e. The van der Waals surface area contributed by atoms with Crippen LogP contribution in [0.4, 0.5) is 5.69 Å². The Morgan fingerprint density at radius 3 is 2.60 bits per heavy atom. The second kappa shape index (κ2) is 5.55. The molecular formula is C14H18N2O2S2. The van der Waals surface area contributed by atoms with E-state index >= 15 is 0 Å². The van der Waals surface area contributed by atoms with E-state index in [0.717, 1.165) is 11.1 Å². The Kier molecular flexibility index (Phi) is 4.17. The van der Waals surface area contributed by atoms with E-state index in [1.54, 1.807) is 37.4 Å². The van der Waals surface area contributed by atoms with Crippen LogP contribution in [0.25, 0.3) is 0 Å². The molecule has 1 aromatic carbocycles. The second-order valence-electron chi connectivity index (χ2n) is 4.87. The van der Waals surface area contributed by atoms with Gasteiger partial charge in [0.05, 0.1) is 4.90 Å². The summed E-state index contributed by atoms with van der Waals surface area (Å²) in [5.74, 6) is 0. The largest absolute Gasteiger partial charge is 0.398 e. The van der Waals surface area contributed by atoms with E-state index in [1.165, 1.54) is 4.31 Å². The number of sulfonamides is 1. The normalized spacial score (nSPS) is 12.0. The molecular weight excluding hydrogens is 292 g/mol. The molecule has 0 aliphatic rings. The fraction of sp³-hybridized carbons (Fsp3) is 0.286. The zero-order valence-electron chi connectivity index (χ0n) is 11.8. The molecule has 4 nitrogen and oxygen atoms in total. The van der Waals surface area contributed by atoms with E-state index in [4.69, 9.17) is 5.73 Å². The summed E-state index contributed by atoms with van der Waals surface area (Å²) in [6.45, 7) is 3.94. The molecule has 0 saturated carbocycles. The van der Waals surface area contributed by atoms with Crippen LogP contribution in [-0.2, 0) is 16.6 Å². The van der Waals surface area contributed by atoms with Crippen molar-refractivity contribution in [2.24, 2.45) is 0 Å². The van der Waals surface area contributed by atoms with Gasteiger partial charge < -0.3 is 5.73 Å². The highest BCUT2D eigenvalue weighted by Crippen LogP contribution is 2.26. The summed E-state index contributed by atoms with van der Waals surface area (Å²) in [4.78, 5) is 0.285. The number of nitrogens with two attached hydrogens (primary N) is 1. The van der Waals surface area contributed by atoms with Crippen molar-refractivity contribution in [3.8, 4) is 0 Å². The molecule has 0 unspecified atom stereocenters. The van der Waals surface area contributed by atoms with Crippen LogP contribution < -0.4 is 5.73 Å². The van der Waals surface area contributed by atoms with Crippen molar-refractivity contribution in [1.29, 1.82) is 0 Å². The Bertz CT molecular complexity index is 707. The van der Waals surface area contributed by atoms with E-state index in [9.17, 15) is 8.42 Å². The SMILES string of the molecule is Cc1cc(N)c(C)c(S(=O)(=O)N(C)Cc2ccsc2)c1. The number of thiophene rings is 1. The fourth-order valence-electron chi connectivity index (χ4n) is 2.01. The molecule has 0 fully saturated rings. The first-order valence-electron chi connectivity index (χ1n) is 6.16. The maximum atomic E-state index is 12.7. The van der Waals surface area contributed by atoms with Crippen molar-refractivity contribution < 1.29 is 8.42 Å². The van der Waals surface area contributed by atoms with Gasteiger partial charge in [-0.15, -0.1) is 0 Å². The number of rotatable bonds is 4. The lowest BCUT2D eigenvalue weighted by Gasteiger charge is -2.19. The molecule has 0 amide bonds. The first-order valence-corrected chi connectivity index (χ1v) is 8.55. The molecule has 0 spiro atoms. The van der Waals surface area contributed by atoms with Crippen LogP contribution in [0.3, 0.4) is 0 Å². The van der Waals surface area contributed by atoms with Crippen molar-refractivity contribution in [2.75, 3.05) is 12.8 Å². The molecule has 0 bridgehead atoms. The van der Waals surface area contributed by atoms with Gasteiger partial charge in [-0.1, -0.05) is 0 Å². The van der Waals surface area contributed by atoms with Gasteiger partial charge >= 0.3 is 0 Å². The van der Waals surface area contributed by atoms with E-state index in [2.05, 4.69) is 0 Å². The third kappa shape index (κ3) is 2.87. The number of anilines is 1. The summed E-state index contributed by atoms with van der Waals surface area (Å²) in [6, 6.07) is 5.38. The maximum Gasteiger partial charge on any atom is 0.243 e. The van der Waals surface area contributed by atoms with Gasteiger partial charge in [-0.25, -0.2) is 8.42 Å². The summed E-state index contributed by atoms with van der Waals surface area (Å²) < 4.78 is 26.7. The molecule has 20 heavy (non-hydrogen) atoms. The number of hydrogen-bond acceptors (Lipinski definition) is 4. The van der Waals surface area contributed by atoms with E-state index in [-0.39, 0.29) is 4.90 Å². The Balaban J connectivity index is 2.40. The van der Waals surface area contributed by atoms with Crippen molar-refractivity contribution in [3.05, 3.63) is 45.6 Å². The number of nitrogens with zero attached hydrogens (tertiary/aromatic N) is 1. The molecule has 2 N–H and O–H groups in total. The van der Waals surface area contributed by atoms with Gasteiger partial charge in [-0.2, -0.15) is 15.6 Å². The lowest BCUT2D eigenvalue weighted by Crippen LogP contribution is -2.27. The maximum absolute atomic E-state index is 12.7. The lowest BCUT2D eigenvalue weighted by molar-refractivity contribution is 0.467. The van der Waals surface area contributed by atoms with Gasteiger partial charge in [0.15, 0.2) is 0 Å². The summed E-state index contributed by atoms with van der Waals surface area (Å²) in [7, 11) is -1.94. The highest BCUT2D eigenvalue weighted by atomic mass is 32.2. The summed E-state index contributed by atoms with van der Waals surface area (Å²) in [5.41, 5.74) is 8.81. The molecule has 2 rings (SSSR count). The van der Waals surface area contributed by atoms with Gasteiger partial charge in [0.2, 0.25) is 10.0 Å². The zero-order valence-corrected chi connectivity index (χ0v) is 13.4. The minimum Gasteiger partial charge on any atom is -0.398 e. The monoisotopic (exact) mass is 310 g/mol. The Morgan fingerprint density at radius 2 is 2.00 bits per heavy atom. The van der Waals surface area contributed by atoms with Crippen molar-refractivity contribution in [2.45, 2.75) is 25.3 Å². The van der Waals surface area contributed by atoms with Crippen LogP contribution >= 0.6 is 11.3 Å². The molecule has 0 saturated heterocycles. The molecule has 0 aliphatic heterocycles. The number of benzene rings is 1. The van der Waals surface area contributed by atoms with Gasteiger partial charge in [-0.05, 0) is 59.5 Å². The summed E-state index contributed by atoms with van der Waals surface area (Å²) in [6.07, 6.45) is 0. The molecule has 0 atom stereocenters. The van der Waals surface area contributed by atoms with Crippen LogP contribution in [0.2, 0.25) is 0 Å². The molecule has 0 aliphatic carbocycles. The zero-order chi connectivity index (χ0) is 14.9. The van der Waals surface area contributed by atoms with Crippen LogP contribution in [0.5, 0.6) is 0 Å². The highest BCUT2D eigenvalue weighted by Gasteiger charge is 2.24. The van der Waals surface area contributed by atoms with Crippen LogP contribution in [0.1, 0.15) is 16.7 Å². The number of hydrogen-bond donors (Lipinski definition) is 1. The third-order valence-corrected chi connectivity index (χ3v) is 5.88. The Morgan fingerprint density at radius 1 is 1.30 bits per heavy atom. The van der Waals surface area contributed by atoms with Gasteiger partial charge in [0, 0.05) is 19.3 Å². The number of aryl methyl sites for hydroxylation is 1. The number of nitrogen functional groups attached to an aromatic ring is 1. The Hall–Kier alpha value is -1.37. The average Bonchev–Trinajstić information content (AvgIpc) is 2.86.